The van der Waals surface area contributed by atoms with E-state index in [0.29, 0.717) is 6.54 Å². The lowest BCUT2D eigenvalue weighted by molar-refractivity contribution is -0.137. The topological polar surface area (TPSA) is 61.4 Å². The largest absolute Gasteiger partial charge is 0.418 e. The maximum absolute atomic E-state index is 12.9. The van der Waals surface area contributed by atoms with Gasteiger partial charge in [-0.05, 0) is 25.0 Å². The van der Waals surface area contributed by atoms with Gasteiger partial charge in [-0.3, -0.25) is 4.79 Å². The Morgan fingerprint density at radius 2 is 1.83 bits per heavy atom. The second kappa shape index (κ2) is 8.31. The molecule has 0 spiro atoms. The van der Waals surface area contributed by atoms with E-state index < -0.39 is 23.8 Å². The Bertz CT molecular complexity index is 518. The van der Waals surface area contributed by atoms with Gasteiger partial charge in [0.15, 0.2) is 0 Å². The Morgan fingerprint density at radius 1 is 1.22 bits per heavy atom. The summed E-state index contributed by atoms with van der Waals surface area (Å²) in [4.78, 5) is 11.9. The molecule has 4 nitrogen and oxygen atoms in total. The van der Waals surface area contributed by atoms with E-state index in [1.165, 1.54) is 18.2 Å². The summed E-state index contributed by atoms with van der Waals surface area (Å²) in [6, 6.07) is 4.60. The zero-order chi connectivity index (χ0) is 17.6. The number of alkyl halides is 3. The van der Waals surface area contributed by atoms with Crippen LogP contribution in [-0.4, -0.2) is 29.7 Å². The van der Waals surface area contributed by atoms with E-state index >= 15 is 0 Å². The summed E-state index contributed by atoms with van der Waals surface area (Å²) >= 11 is 0. The second-order valence-corrected chi connectivity index (χ2v) is 5.92. The fourth-order valence-electron chi connectivity index (χ4n) is 1.95. The van der Waals surface area contributed by atoms with Crippen molar-refractivity contribution >= 4 is 11.6 Å². The second-order valence-electron chi connectivity index (χ2n) is 5.92. The summed E-state index contributed by atoms with van der Waals surface area (Å²) in [5.41, 5.74) is -1.12. The molecule has 0 saturated carbocycles. The Morgan fingerprint density at radius 3 is 2.39 bits per heavy atom. The molecule has 2 unspecified atom stereocenters. The molecule has 1 aromatic rings. The molecule has 1 rings (SSSR count). The average molecular weight is 332 g/mol. The number of aliphatic hydroxyl groups excluding tert-OH is 1. The first kappa shape index (κ1) is 19.4. The summed E-state index contributed by atoms with van der Waals surface area (Å²) < 4.78 is 38.6. The van der Waals surface area contributed by atoms with Gasteiger partial charge in [0.25, 0.3) is 0 Å². The predicted octanol–water partition coefficient (Wildman–Crippen LogP) is 3.03. The Kier molecular flexibility index (Phi) is 7.02. The van der Waals surface area contributed by atoms with E-state index in [1.54, 1.807) is 6.92 Å². The highest BCUT2D eigenvalue weighted by atomic mass is 19.4. The molecule has 2 atom stereocenters. The minimum absolute atomic E-state index is 0.0109. The van der Waals surface area contributed by atoms with Crippen molar-refractivity contribution in [2.75, 3.05) is 11.9 Å². The molecule has 0 aromatic heterocycles. The molecule has 1 aromatic carbocycles. The fourth-order valence-corrected chi connectivity index (χ4v) is 1.95. The molecule has 0 bridgehead atoms. The van der Waals surface area contributed by atoms with Crippen LogP contribution in [0.15, 0.2) is 24.3 Å². The molecule has 0 aliphatic heterocycles. The third-order valence-corrected chi connectivity index (χ3v) is 3.44. The fraction of sp³-hybridized carbons (Fsp3) is 0.562. The van der Waals surface area contributed by atoms with Gasteiger partial charge in [-0.15, -0.1) is 0 Å². The summed E-state index contributed by atoms with van der Waals surface area (Å²) in [6.07, 6.45) is -5.04. The molecule has 0 aliphatic rings. The lowest BCUT2D eigenvalue weighted by Gasteiger charge is -2.19. The number of nitrogens with one attached hydrogen (secondary N) is 2. The third-order valence-electron chi connectivity index (χ3n) is 3.44. The average Bonchev–Trinajstić information content (AvgIpc) is 2.43. The Hall–Kier alpha value is -1.60. The van der Waals surface area contributed by atoms with Crippen LogP contribution in [0.4, 0.5) is 18.9 Å². The predicted molar refractivity (Wildman–Crippen MR) is 83.0 cm³/mol. The molecule has 0 radical (unpaired) electrons. The van der Waals surface area contributed by atoms with Gasteiger partial charge < -0.3 is 15.7 Å². The summed E-state index contributed by atoms with van der Waals surface area (Å²) in [5, 5.41) is 15.0. The highest BCUT2D eigenvalue weighted by Gasteiger charge is 2.33. The van der Waals surface area contributed by atoms with E-state index in [1.807, 2.05) is 13.8 Å². The normalized spacial score (nSPS) is 14.6. The van der Waals surface area contributed by atoms with Crippen LogP contribution < -0.4 is 10.6 Å². The van der Waals surface area contributed by atoms with Crippen LogP contribution in [0.3, 0.4) is 0 Å². The van der Waals surface area contributed by atoms with Crippen LogP contribution in [0.2, 0.25) is 0 Å². The van der Waals surface area contributed by atoms with Crippen LogP contribution in [0.25, 0.3) is 0 Å². The van der Waals surface area contributed by atoms with Crippen LogP contribution in [-0.2, 0) is 11.0 Å². The molecule has 23 heavy (non-hydrogen) atoms. The molecule has 0 saturated heterocycles. The minimum atomic E-state index is -4.52. The van der Waals surface area contributed by atoms with Crippen LogP contribution in [0.5, 0.6) is 0 Å². The summed E-state index contributed by atoms with van der Waals surface area (Å²) in [7, 11) is 0. The first-order chi connectivity index (χ1) is 10.6. The van der Waals surface area contributed by atoms with E-state index in [-0.39, 0.29) is 24.1 Å². The van der Waals surface area contributed by atoms with Crippen molar-refractivity contribution in [2.45, 2.75) is 45.5 Å². The Balaban J connectivity index is 2.58. The number of carbonyl (C=O) groups is 1. The monoisotopic (exact) mass is 332 g/mol. The van der Waals surface area contributed by atoms with Crippen LogP contribution in [0, 0.1) is 5.92 Å². The lowest BCUT2D eigenvalue weighted by Crippen LogP contribution is -2.38. The number of benzene rings is 1. The zero-order valence-corrected chi connectivity index (χ0v) is 13.4. The van der Waals surface area contributed by atoms with E-state index in [2.05, 4.69) is 10.6 Å². The molecule has 0 heterocycles. The van der Waals surface area contributed by atoms with Crippen molar-refractivity contribution in [1.82, 2.24) is 5.32 Å². The van der Waals surface area contributed by atoms with Gasteiger partial charge in [0.1, 0.15) is 0 Å². The maximum atomic E-state index is 12.9. The first-order valence-electron chi connectivity index (χ1n) is 7.48. The number of para-hydroxylation sites is 1. The smallest absolute Gasteiger partial charge is 0.392 e. The SMILES string of the molecule is CC(CC(=O)Nc1ccccc1C(F)(F)F)NCC(O)C(C)C. The number of anilines is 1. The van der Waals surface area contributed by atoms with Gasteiger partial charge in [-0.2, -0.15) is 13.2 Å². The molecule has 130 valence electrons. The van der Waals surface area contributed by atoms with Gasteiger partial charge in [0, 0.05) is 19.0 Å². The first-order valence-corrected chi connectivity index (χ1v) is 7.48. The van der Waals surface area contributed by atoms with Crippen molar-refractivity contribution in [3.05, 3.63) is 29.8 Å². The van der Waals surface area contributed by atoms with Crippen LogP contribution in [0.1, 0.15) is 32.8 Å². The molecule has 0 aliphatic carbocycles. The van der Waals surface area contributed by atoms with Crippen molar-refractivity contribution in [3.63, 3.8) is 0 Å². The number of halogens is 3. The van der Waals surface area contributed by atoms with Crippen LogP contribution >= 0.6 is 0 Å². The highest BCUT2D eigenvalue weighted by molar-refractivity contribution is 5.92. The van der Waals surface area contributed by atoms with Gasteiger partial charge >= 0.3 is 6.18 Å². The molecular weight excluding hydrogens is 309 g/mol. The zero-order valence-electron chi connectivity index (χ0n) is 13.4. The van der Waals surface area contributed by atoms with Gasteiger partial charge in [0.05, 0.1) is 17.4 Å². The number of rotatable bonds is 7. The third kappa shape index (κ3) is 6.58. The quantitative estimate of drug-likeness (QED) is 0.719. The lowest BCUT2D eigenvalue weighted by atomic mass is 10.1. The van der Waals surface area contributed by atoms with Crippen molar-refractivity contribution in [2.24, 2.45) is 5.92 Å². The number of hydrogen-bond donors (Lipinski definition) is 3. The van der Waals surface area contributed by atoms with Crippen molar-refractivity contribution in [1.29, 1.82) is 0 Å². The number of aliphatic hydroxyl groups is 1. The molecule has 0 fully saturated rings. The minimum Gasteiger partial charge on any atom is -0.392 e. The summed E-state index contributed by atoms with van der Waals surface area (Å²) in [6.45, 7) is 5.81. The Labute approximate surface area is 134 Å². The van der Waals surface area contributed by atoms with E-state index in [4.69, 9.17) is 0 Å². The number of hydrogen-bond acceptors (Lipinski definition) is 3. The molecule has 1 amide bonds. The highest BCUT2D eigenvalue weighted by Crippen LogP contribution is 2.34. The van der Waals surface area contributed by atoms with E-state index in [9.17, 15) is 23.1 Å². The number of amides is 1. The summed E-state index contributed by atoms with van der Waals surface area (Å²) in [5.74, 6) is -0.428. The van der Waals surface area contributed by atoms with Crippen molar-refractivity contribution in [3.8, 4) is 0 Å². The maximum Gasteiger partial charge on any atom is 0.418 e. The molecule has 7 heteroatoms. The van der Waals surface area contributed by atoms with Gasteiger partial charge in [-0.1, -0.05) is 26.0 Å². The standard InChI is InChI=1S/C16H23F3N2O2/c1-10(2)14(22)9-20-11(3)8-15(23)21-13-7-5-4-6-12(13)16(17,18)19/h4-7,10-11,14,20,22H,8-9H2,1-3H3,(H,21,23). The van der Waals surface area contributed by atoms with Gasteiger partial charge in [-0.25, -0.2) is 0 Å². The number of carbonyl (C=O) groups excluding carboxylic acids is 1. The van der Waals surface area contributed by atoms with E-state index in [0.717, 1.165) is 6.07 Å². The van der Waals surface area contributed by atoms with Crippen molar-refractivity contribution < 1.29 is 23.1 Å². The molecule has 3 N–H and O–H groups in total. The van der Waals surface area contributed by atoms with Gasteiger partial charge in [0.2, 0.25) is 5.91 Å². The molecular formula is C16H23F3N2O2.